The summed E-state index contributed by atoms with van der Waals surface area (Å²) in [6.07, 6.45) is 5.09. The predicted molar refractivity (Wildman–Crippen MR) is 77.8 cm³/mol. The average Bonchev–Trinajstić information content (AvgIpc) is 2.41. The number of fused-ring (bicyclic) bond motifs is 1. The highest BCUT2D eigenvalue weighted by Gasteiger charge is 2.09. The average molecular weight is 258 g/mol. The Labute approximate surface area is 113 Å². The summed E-state index contributed by atoms with van der Waals surface area (Å²) < 4.78 is 0. The highest BCUT2D eigenvalue weighted by Crippen LogP contribution is 2.26. The molecule has 0 atom stereocenters. The van der Waals surface area contributed by atoms with E-state index in [-0.39, 0.29) is 0 Å². The molecule has 1 aliphatic rings. The number of nitrogens with one attached hydrogen (secondary N) is 1. The lowest BCUT2D eigenvalue weighted by Crippen LogP contribution is -2.03. The van der Waals surface area contributed by atoms with Crippen molar-refractivity contribution >= 4 is 23.0 Å². The molecule has 0 saturated heterocycles. The molecule has 2 aromatic carbocycles. The Kier molecular flexibility index (Phi) is 3.24. The fourth-order valence-electron chi connectivity index (χ4n) is 2.51. The Balaban J connectivity index is 1.82. The highest BCUT2D eigenvalue weighted by molar-refractivity contribution is 6.30. The third-order valence-electron chi connectivity index (χ3n) is 3.48. The van der Waals surface area contributed by atoms with Crippen LogP contribution in [0.15, 0.2) is 42.5 Å². The van der Waals surface area contributed by atoms with Gasteiger partial charge in [-0.25, -0.2) is 0 Å². The molecule has 0 saturated carbocycles. The number of benzene rings is 2. The first kappa shape index (κ1) is 11.6. The number of aryl methyl sites for hydroxylation is 2. The van der Waals surface area contributed by atoms with E-state index in [1.165, 1.54) is 36.8 Å². The third-order valence-corrected chi connectivity index (χ3v) is 3.73. The zero-order chi connectivity index (χ0) is 12.4. The van der Waals surface area contributed by atoms with Crippen LogP contribution in [-0.2, 0) is 12.8 Å². The van der Waals surface area contributed by atoms with Gasteiger partial charge in [0.05, 0.1) is 0 Å². The van der Waals surface area contributed by atoms with Crippen molar-refractivity contribution in [2.45, 2.75) is 25.7 Å². The molecule has 0 fully saturated rings. The van der Waals surface area contributed by atoms with Crippen LogP contribution in [0.5, 0.6) is 0 Å². The van der Waals surface area contributed by atoms with Crippen LogP contribution >= 0.6 is 11.6 Å². The minimum atomic E-state index is 0.769. The number of hydrogen-bond donors (Lipinski definition) is 1. The van der Waals surface area contributed by atoms with Gasteiger partial charge in [-0.2, -0.15) is 0 Å². The van der Waals surface area contributed by atoms with Gasteiger partial charge in [-0.15, -0.1) is 0 Å². The lowest BCUT2D eigenvalue weighted by atomic mass is 9.91. The van der Waals surface area contributed by atoms with E-state index in [1.807, 2.05) is 24.3 Å². The van der Waals surface area contributed by atoms with E-state index in [4.69, 9.17) is 11.6 Å². The molecule has 2 aromatic rings. The van der Waals surface area contributed by atoms with Gasteiger partial charge in [-0.1, -0.05) is 17.7 Å². The van der Waals surface area contributed by atoms with Crippen molar-refractivity contribution in [1.82, 2.24) is 0 Å². The van der Waals surface area contributed by atoms with Gasteiger partial charge in [-0.3, -0.25) is 0 Å². The largest absolute Gasteiger partial charge is 0.356 e. The van der Waals surface area contributed by atoms with Gasteiger partial charge in [0.25, 0.3) is 0 Å². The molecule has 0 heterocycles. The zero-order valence-electron chi connectivity index (χ0n) is 10.2. The summed E-state index contributed by atoms with van der Waals surface area (Å²) in [6.45, 7) is 0. The molecule has 0 bridgehead atoms. The molecule has 0 aromatic heterocycles. The second-order valence-corrected chi connectivity index (χ2v) is 5.26. The van der Waals surface area contributed by atoms with Crippen LogP contribution in [0, 0.1) is 0 Å². The Morgan fingerprint density at radius 2 is 1.44 bits per heavy atom. The first-order valence-electron chi connectivity index (χ1n) is 6.46. The maximum Gasteiger partial charge on any atom is 0.0407 e. The topological polar surface area (TPSA) is 12.0 Å². The number of halogens is 1. The van der Waals surface area contributed by atoms with Crippen molar-refractivity contribution in [3.8, 4) is 0 Å². The van der Waals surface area contributed by atoms with Gasteiger partial charge in [0.2, 0.25) is 0 Å². The molecule has 1 nitrogen and oxygen atoms in total. The first-order chi connectivity index (χ1) is 8.81. The molecule has 0 aliphatic heterocycles. The Morgan fingerprint density at radius 1 is 0.778 bits per heavy atom. The van der Waals surface area contributed by atoms with E-state index in [9.17, 15) is 0 Å². The van der Waals surface area contributed by atoms with E-state index in [1.54, 1.807) is 0 Å². The van der Waals surface area contributed by atoms with E-state index in [0.717, 1.165) is 16.4 Å². The van der Waals surface area contributed by atoms with Crippen molar-refractivity contribution in [3.63, 3.8) is 0 Å². The van der Waals surface area contributed by atoms with Gasteiger partial charge in [0.15, 0.2) is 0 Å². The molecule has 1 N–H and O–H groups in total. The molecule has 0 radical (unpaired) electrons. The Bertz CT molecular complexity index is 546. The number of anilines is 2. The maximum atomic E-state index is 5.88. The minimum absolute atomic E-state index is 0.769. The molecule has 0 unspecified atom stereocenters. The normalized spacial score (nSPS) is 14.1. The van der Waals surface area contributed by atoms with Gasteiger partial charge in [-0.05, 0) is 73.2 Å². The third kappa shape index (κ3) is 2.51. The summed E-state index contributed by atoms with van der Waals surface area (Å²) in [5.41, 5.74) is 5.26. The summed E-state index contributed by atoms with van der Waals surface area (Å²) in [4.78, 5) is 0. The molecular formula is C16H16ClN. The lowest BCUT2D eigenvalue weighted by molar-refractivity contribution is 0.686. The standard InChI is InChI=1S/C16H16ClN/c17-14-6-9-15(10-7-14)18-16-8-5-12-3-1-2-4-13(12)11-16/h5-11,18H,1-4H2. The summed E-state index contributed by atoms with van der Waals surface area (Å²) in [5, 5.41) is 4.19. The van der Waals surface area contributed by atoms with E-state index >= 15 is 0 Å². The van der Waals surface area contributed by atoms with Gasteiger partial charge in [0.1, 0.15) is 0 Å². The number of rotatable bonds is 2. The van der Waals surface area contributed by atoms with Crippen molar-refractivity contribution in [2.24, 2.45) is 0 Å². The lowest BCUT2D eigenvalue weighted by Gasteiger charge is -2.17. The van der Waals surface area contributed by atoms with E-state index < -0.39 is 0 Å². The second-order valence-electron chi connectivity index (χ2n) is 4.82. The summed E-state index contributed by atoms with van der Waals surface area (Å²) in [7, 11) is 0. The molecule has 0 spiro atoms. The van der Waals surface area contributed by atoms with Crippen LogP contribution in [0.4, 0.5) is 11.4 Å². The van der Waals surface area contributed by atoms with Crippen LogP contribution in [0.2, 0.25) is 5.02 Å². The summed E-state index contributed by atoms with van der Waals surface area (Å²) in [6, 6.07) is 14.5. The van der Waals surface area contributed by atoms with Gasteiger partial charge < -0.3 is 5.32 Å². The molecule has 18 heavy (non-hydrogen) atoms. The van der Waals surface area contributed by atoms with Gasteiger partial charge in [0, 0.05) is 16.4 Å². The quantitative estimate of drug-likeness (QED) is 0.802. The van der Waals surface area contributed by atoms with Crippen molar-refractivity contribution in [3.05, 3.63) is 58.6 Å². The highest BCUT2D eigenvalue weighted by atomic mass is 35.5. The summed E-state index contributed by atoms with van der Waals surface area (Å²) >= 11 is 5.88. The minimum Gasteiger partial charge on any atom is -0.356 e. The second kappa shape index (κ2) is 5.03. The first-order valence-corrected chi connectivity index (χ1v) is 6.83. The van der Waals surface area contributed by atoms with E-state index in [0.29, 0.717) is 0 Å². The molecular weight excluding hydrogens is 242 g/mol. The van der Waals surface area contributed by atoms with Crippen LogP contribution < -0.4 is 5.32 Å². The monoisotopic (exact) mass is 257 g/mol. The van der Waals surface area contributed by atoms with Crippen LogP contribution in [0.1, 0.15) is 24.0 Å². The molecule has 0 amide bonds. The van der Waals surface area contributed by atoms with Crippen LogP contribution in [0.25, 0.3) is 0 Å². The fourth-order valence-corrected chi connectivity index (χ4v) is 2.64. The van der Waals surface area contributed by atoms with Crippen LogP contribution in [-0.4, -0.2) is 0 Å². The summed E-state index contributed by atoms with van der Waals surface area (Å²) in [5.74, 6) is 0. The molecule has 92 valence electrons. The maximum absolute atomic E-state index is 5.88. The van der Waals surface area contributed by atoms with Gasteiger partial charge >= 0.3 is 0 Å². The van der Waals surface area contributed by atoms with Crippen molar-refractivity contribution in [1.29, 1.82) is 0 Å². The molecule has 2 heteroatoms. The molecule has 1 aliphatic carbocycles. The molecule has 3 rings (SSSR count). The van der Waals surface area contributed by atoms with Crippen molar-refractivity contribution in [2.75, 3.05) is 5.32 Å². The Hall–Kier alpha value is -1.47. The number of hydrogen-bond acceptors (Lipinski definition) is 1. The fraction of sp³-hybridized carbons (Fsp3) is 0.250. The predicted octanol–water partition coefficient (Wildman–Crippen LogP) is 4.96. The smallest absolute Gasteiger partial charge is 0.0407 e. The van der Waals surface area contributed by atoms with Crippen LogP contribution in [0.3, 0.4) is 0 Å². The zero-order valence-corrected chi connectivity index (χ0v) is 11.0. The van der Waals surface area contributed by atoms with E-state index in [2.05, 4.69) is 23.5 Å². The Morgan fingerprint density at radius 3 is 2.22 bits per heavy atom. The van der Waals surface area contributed by atoms with Crippen molar-refractivity contribution < 1.29 is 0 Å². The SMILES string of the molecule is Clc1ccc(Nc2ccc3c(c2)CCCC3)cc1.